The molecule has 70 valence electrons. The van der Waals surface area contributed by atoms with Crippen molar-refractivity contribution in [1.82, 2.24) is 5.32 Å². The van der Waals surface area contributed by atoms with E-state index in [0.29, 0.717) is 12.5 Å². The highest BCUT2D eigenvalue weighted by atomic mass is 16.4. The van der Waals surface area contributed by atoms with E-state index >= 15 is 0 Å². The molecule has 1 fully saturated rings. The van der Waals surface area contributed by atoms with E-state index in [1.165, 1.54) is 0 Å². The maximum absolute atomic E-state index is 10.2. The first-order valence-electron chi connectivity index (χ1n) is 4.34. The largest absolute Gasteiger partial charge is 0.479 e. The molecule has 1 saturated heterocycles. The molecule has 0 radical (unpaired) electrons. The smallest absolute Gasteiger partial charge is 0.332 e. The Morgan fingerprint density at radius 1 is 1.67 bits per heavy atom. The van der Waals surface area contributed by atoms with Crippen LogP contribution in [0, 0.1) is 0 Å². The number of carboxylic acid groups (broad SMARTS) is 1. The van der Waals surface area contributed by atoms with Gasteiger partial charge in [-0.3, -0.25) is 0 Å². The SMILES string of the molecule is O=C(O)C(O)CC[C@@H]1CCCN1. The topological polar surface area (TPSA) is 69.6 Å². The van der Waals surface area contributed by atoms with Gasteiger partial charge in [0.1, 0.15) is 0 Å². The summed E-state index contributed by atoms with van der Waals surface area (Å²) in [5, 5.41) is 20.6. The van der Waals surface area contributed by atoms with Crippen LogP contribution in [0.1, 0.15) is 25.7 Å². The number of aliphatic carboxylic acids is 1. The Morgan fingerprint density at radius 3 is 2.92 bits per heavy atom. The highest BCUT2D eigenvalue weighted by Crippen LogP contribution is 2.11. The molecule has 1 unspecified atom stereocenters. The predicted molar refractivity (Wildman–Crippen MR) is 43.9 cm³/mol. The minimum absolute atomic E-state index is 0.354. The van der Waals surface area contributed by atoms with Gasteiger partial charge >= 0.3 is 5.97 Å². The molecule has 0 aromatic rings. The summed E-state index contributed by atoms with van der Waals surface area (Å²) in [5.41, 5.74) is 0. The first-order valence-corrected chi connectivity index (χ1v) is 4.34. The zero-order valence-corrected chi connectivity index (χ0v) is 6.99. The van der Waals surface area contributed by atoms with Gasteiger partial charge in [0.15, 0.2) is 6.10 Å². The van der Waals surface area contributed by atoms with Crippen molar-refractivity contribution in [2.24, 2.45) is 0 Å². The van der Waals surface area contributed by atoms with Crippen molar-refractivity contribution < 1.29 is 15.0 Å². The quantitative estimate of drug-likeness (QED) is 0.558. The second-order valence-electron chi connectivity index (χ2n) is 3.22. The van der Waals surface area contributed by atoms with Gasteiger partial charge in [0.2, 0.25) is 0 Å². The lowest BCUT2D eigenvalue weighted by Crippen LogP contribution is -2.26. The van der Waals surface area contributed by atoms with E-state index < -0.39 is 12.1 Å². The van der Waals surface area contributed by atoms with E-state index in [0.717, 1.165) is 25.8 Å². The number of nitrogens with one attached hydrogen (secondary N) is 1. The van der Waals surface area contributed by atoms with Crippen LogP contribution < -0.4 is 5.32 Å². The maximum Gasteiger partial charge on any atom is 0.332 e. The molecular formula is C8H15NO3. The number of carbonyl (C=O) groups is 1. The first kappa shape index (κ1) is 9.48. The van der Waals surface area contributed by atoms with E-state index in [4.69, 9.17) is 10.2 Å². The summed E-state index contributed by atoms with van der Waals surface area (Å²) in [5.74, 6) is -1.12. The van der Waals surface area contributed by atoms with Crippen LogP contribution in [0.3, 0.4) is 0 Å². The summed E-state index contributed by atoms with van der Waals surface area (Å²) in [7, 11) is 0. The number of aliphatic hydroxyl groups is 1. The molecule has 1 heterocycles. The van der Waals surface area contributed by atoms with Crippen molar-refractivity contribution in [2.75, 3.05) is 6.54 Å². The fourth-order valence-electron chi connectivity index (χ4n) is 1.49. The molecule has 4 heteroatoms. The molecule has 0 aromatic heterocycles. The van der Waals surface area contributed by atoms with Gasteiger partial charge in [-0.1, -0.05) is 0 Å². The Kier molecular flexibility index (Phi) is 3.49. The van der Waals surface area contributed by atoms with Gasteiger partial charge in [0, 0.05) is 6.04 Å². The van der Waals surface area contributed by atoms with Crippen molar-refractivity contribution in [2.45, 2.75) is 37.8 Å². The van der Waals surface area contributed by atoms with Gasteiger partial charge in [-0.05, 0) is 32.2 Å². The van der Waals surface area contributed by atoms with E-state index in [9.17, 15) is 4.79 Å². The Bertz CT molecular complexity index is 154. The van der Waals surface area contributed by atoms with Gasteiger partial charge in [-0.2, -0.15) is 0 Å². The Hall–Kier alpha value is -0.610. The number of hydrogen-bond donors (Lipinski definition) is 3. The van der Waals surface area contributed by atoms with Crippen molar-refractivity contribution >= 4 is 5.97 Å². The average molecular weight is 173 g/mol. The second kappa shape index (κ2) is 4.42. The van der Waals surface area contributed by atoms with E-state index in [1.54, 1.807) is 0 Å². The summed E-state index contributed by atoms with van der Waals surface area (Å²) in [4.78, 5) is 10.2. The molecule has 0 bridgehead atoms. The molecule has 4 nitrogen and oxygen atoms in total. The molecule has 12 heavy (non-hydrogen) atoms. The van der Waals surface area contributed by atoms with Crippen LogP contribution in [0.5, 0.6) is 0 Å². The average Bonchev–Trinajstić information content (AvgIpc) is 2.51. The molecule has 0 amide bonds. The third-order valence-corrected chi connectivity index (χ3v) is 2.24. The standard InChI is InChI=1S/C8H15NO3/c10-7(8(11)12)4-3-6-2-1-5-9-6/h6-7,9-10H,1-5H2,(H,11,12)/t6-,7?/m0/s1. The zero-order chi connectivity index (χ0) is 8.97. The summed E-state index contributed by atoms with van der Waals surface area (Å²) >= 11 is 0. The number of aliphatic hydroxyl groups excluding tert-OH is 1. The molecule has 0 saturated carbocycles. The lowest BCUT2D eigenvalue weighted by molar-refractivity contribution is -0.147. The van der Waals surface area contributed by atoms with Crippen LogP contribution in [0.4, 0.5) is 0 Å². The van der Waals surface area contributed by atoms with Crippen LogP contribution >= 0.6 is 0 Å². The van der Waals surface area contributed by atoms with Crippen molar-refractivity contribution in [3.63, 3.8) is 0 Å². The van der Waals surface area contributed by atoms with Crippen LogP contribution in [0.2, 0.25) is 0 Å². The first-order chi connectivity index (χ1) is 5.70. The van der Waals surface area contributed by atoms with Gasteiger partial charge in [0.25, 0.3) is 0 Å². The summed E-state index contributed by atoms with van der Waals surface area (Å²) < 4.78 is 0. The molecule has 0 aliphatic carbocycles. The molecule has 1 rings (SSSR count). The van der Waals surface area contributed by atoms with Crippen LogP contribution in [0.15, 0.2) is 0 Å². The Morgan fingerprint density at radius 2 is 2.42 bits per heavy atom. The van der Waals surface area contributed by atoms with Gasteiger partial charge in [-0.25, -0.2) is 4.79 Å². The summed E-state index contributed by atoms with van der Waals surface area (Å²) in [6, 6.07) is 0.416. The minimum Gasteiger partial charge on any atom is -0.479 e. The highest BCUT2D eigenvalue weighted by Gasteiger charge is 2.18. The lowest BCUT2D eigenvalue weighted by Gasteiger charge is -2.10. The van der Waals surface area contributed by atoms with E-state index in [-0.39, 0.29) is 0 Å². The summed E-state index contributed by atoms with van der Waals surface area (Å²) in [6.45, 7) is 1.02. The van der Waals surface area contributed by atoms with Crippen molar-refractivity contribution in [1.29, 1.82) is 0 Å². The second-order valence-corrected chi connectivity index (χ2v) is 3.22. The van der Waals surface area contributed by atoms with Crippen molar-refractivity contribution in [3.8, 4) is 0 Å². The monoisotopic (exact) mass is 173 g/mol. The Labute approximate surface area is 71.6 Å². The molecule has 2 atom stereocenters. The fourth-order valence-corrected chi connectivity index (χ4v) is 1.49. The van der Waals surface area contributed by atoms with E-state index in [2.05, 4.69) is 5.32 Å². The lowest BCUT2D eigenvalue weighted by atomic mass is 10.1. The Balaban J connectivity index is 2.11. The molecule has 3 N–H and O–H groups in total. The van der Waals surface area contributed by atoms with Gasteiger partial charge in [-0.15, -0.1) is 0 Å². The van der Waals surface area contributed by atoms with Crippen molar-refractivity contribution in [3.05, 3.63) is 0 Å². The fraction of sp³-hybridized carbons (Fsp3) is 0.875. The minimum atomic E-state index is -1.19. The van der Waals surface area contributed by atoms with Crippen LogP contribution in [-0.2, 0) is 4.79 Å². The van der Waals surface area contributed by atoms with Crippen LogP contribution in [-0.4, -0.2) is 34.9 Å². The van der Waals surface area contributed by atoms with Gasteiger partial charge in [0.05, 0.1) is 0 Å². The zero-order valence-electron chi connectivity index (χ0n) is 6.99. The molecule has 1 aliphatic rings. The molecule has 0 aromatic carbocycles. The van der Waals surface area contributed by atoms with Gasteiger partial charge < -0.3 is 15.5 Å². The van der Waals surface area contributed by atoms with Crippen LogP contribution in [0.25, 0.3) is 0 Å². The summed E-state index contributed by atoms with van der Waals surface area (Å²) in [6.07, 6.45) is 2.19. The normalized spacial score (nSPS) is 25.6. The third-order valence-electron chi connectivity index (χ3n) is 2.24. The predicted octanol–water partition coefficient (Wildman–Crippen LogP) is -0.0359. The molecule has 0 spiro atoms. The maximum atomic E-state index is 10.2. The molecule has 1 aliphatic heterocycles. The molecular weight excluding hydrogens is 158 g/mol. The number of rotatable bonds is 4. The number of carboxylic acids is 1. The highest BCUT2D eigenvalue weighted by molar-refractivity contribution is 5.71. The third kappa shape index (κ3) is 2.79. The number of hydrogen-bond acceptors (Lipinski definition) is 3. The van der Waals surface area contributed by atoms with E-state index in [1.807, 2.05) is 0 Å².